The average molecular weight is 231 g/mol. The minimum Gasteiger partial charge on any atom is -0.398 e. The first-order valence-corrected chi connectivity index (χ1v) is 4.76. The summed E-state index contributed by atoms with van der Waals surface area (Å²) < 4.78 is 38.1. The molecule has 0 fully saturated rings. The van der Waals surface area contributed by atoms with E-state index >= 15 is 0 Å². The van der Waals surface area contributed by atoms with Gasteiger partial charge in [-0.25, -0.2) is 0 Å². The molecule has 1 unspecified atom stereocenters. The Labute approximate surface area is 91.3 Å². The Morgan fingerprint density at radius 2 is 2.06 bits per heavy atom. The zero-order valence-corrected chi connectivity index (χ0v) is 8.71. The Morgan fingerprint density at radius 1 is 1.44 bits per heavy atom. The fraction of sp³-hybridized carbons (Fsp3) is 0.364. The lowest BCUT2D eigenvalue weighted by atomic mass is 9.96. The van der Waals surface area contributed by atoms with Gasteiger partial charge >= 0.3 is 6.18 Å². The van der Waals surface area contributed by atoms with Crippen molar-refractivity contribution in [2.24, 2.45) is 5.92 Å². The molecule has 1 rings (SSSR count). The van der Waals surface area contributed by atoms with Crippen LogP contribution in [0.2, 0.25) is 0 Å². The maximum absolute atomic E-state index is 12.7. The molecule has 0 saturated heterocycles. The van der Waals surface area contributed by atoms with E-state index in [2.05, 4.69) is 0 Å². The molecule has 0 aliphatic carbocycles. The van der Waals surface area contributed by atoms with E-state index in [0.717, 1.165) is 0 Å². The standard InChI is InChI=1S/C11H12F3NO/c1-7(6-16)5-8-3-2-4-9(15)10(8)11(12,13)14/h2-4,6-7H,5,15H2,1H3. The summed E-state index contributed by atoms with van der Waals surface area (Å²) in [5, 5.41) is 0. The summed E-state index contributed by atoms with van der Waals surface area (Å²) in [6.07, 6.45) is -3.81. The van der Waals surface area contributed by atoms with Crippen LogP contribution in [0.3, 0.4) is 0 Å². The van der Waals surface area contributed by atoms with Gasteiger partial charge in [-0.2, -0.15) is 13.2 Å². The van der Waals surface area contributed by atoms with Crippen LogP contribution in [0, 0.1) is 5.92 Å². The van der Waals surface area contributed by atoms with Crippen LogP contribution in [0.4, 0.5) is 18.9 Å². The molecule has 0 aromatic heterocycles. The summed E-state index contributed by atoms with van der Waals surface area (Å²) in [7, 11) is 0. The number of nitrogens with two attached hydrogens (primary N) is 1. The first-order chi connectivity index (χ1) is 7.36. The molecular weight excluding hydrogens is 219 g/mol. The molecular formula is C11H12F3NO. The van der Waals surface area contributed by atoms with Crippen molar-refractivity contribution in [3.05, 3.63) is 29.3 Å². The van der Waals surface area contributed by atoms with Crippen LogP contribution < -0.4 is 5.73 Å². The Morgan fingerprint density at radius 3 is 2.56 bits per heavy atom. The SMILES string of the molecule is CC(C=O)Cc1cccc(N)c1C(F)(F)F. The Hall–Kier alpha value is -1.52. The van der Waals surface area contributed by atoms with Crippen molar-refractivity contribution in [1.82, 2.24) is 0 Å². The molecule has 1 atom stereocenters. The minimum absolute atomic E-state index is 0.0450. The van der Waals surface area contributed by atoms with Crippen molar-refractivity contribution < 1.29 is 18.0 Å². The summed E-state index contributed by atoms with van der Waals surface area (Å²) >= 11 is 0. The number of alkyl halides is 3. The second-order valence-corrected chi connectivity index (χ2v) is 3.70. The molecule has 0 aliphatic rings. The molecule has 0 aliphatic heterocycles. The van der Waals surface area contributed by atoms with Gasteiger partial charge in [-0.15, -0.1) is 0 Å². The number of nitrogen functional groups attached to an aromatic ring is 1. The smallest absolute Gasteiger partial charge is 0.398 e. The van der Waals surface area contributed by atoms with E-state index in [-0.39, 0.29) is 17.7 Å². The van der Waals surface area contributed by atoms with Crippen LogP contribution >= 0.6 is 0 Å². The minimum atomic E-state index is -4.48. The Balaban J connectivity index is 3.18. The van der Waals surface area contributed by atoms with Crippen molar-refractivity contribution >= 4 is 12.0 Å². The molecule has 1 aromatic rings. The van der Waals surface area contributed by atoms with Gasteiger partial charge < -0.3 is 10.5 Å². The number of benzene rings is 1. The fourth-order valence-corrected chi connectivity index (χ4v) is 1.53. The van der Waals surface area contributed by atoms with Crippen LogP contribution in [-0.2, 0) is 17.4 Å². The van der Waals surface area contributed by atoms with Crippen molar-refractivity contribution in [2.75, 3.05) is 5.73 Å². The molecule has 0 saturated carbocycles. The summed E-state index contributed by atoms with van der Waals surface area (Å²) in [5.74, 6) is -0.456. The molecule has 16 heavy (non-hydrogen) atoms. The highest BCUT2D eigenvalue weighted by atomic mass is 19.4. The molecule has 0 radical (unpaired) electrons. The number of halogens is 3. The van der Waals surface area contributed by atoms with Crippen LogP contribution in [0.5, 0.6) is 0 Å². The predicted octanol–water partition coefficient (Wildman–Crippen LogP) is 2.67. The van der Waals surface area contributed by atoms with Gasteiger partial charge in [0, 0.05) is 11.6 Å². The molecule has 0 spiro atoms. The van der Waals surface area contributed by atoms with Crippen molar-refractivity contribution in [2.45, 2.75) is 19.5 Å². The maximum atomic E-state index is 12.7. The molecule has 5 heteroatoms. The topological polar surface area (TPSA) is 43.1 Å². The van der Waals surface area contributed by atoms with Gasteiger partial charge in [-0.1, -0.05) is 19.1 Å². The maximum Gasteiger partial charge on any atom is 0.418 e. The lowest BCUT2D eigenvalue weighted by Crippen LogP contribution is -2.14. The van der Waals surface area contributed by atoms with Crippen LogP contribution in [0.25, 0.3) is 0 Å². The number of anilines is 1. The molecule has 0 bridgehead atoms. The van der Waals surface area contributed by atoms with Gasteiger partial charge in [-0.05, 0) is 18.1 Å². The van der Waals surface area contributed by atoms with Gasteiger partial charge in [0.2, 0.25) is 0 Å². The fourth-order valence-electron chi connectivity index (χ4n) is 1.53. The zero-order valence-electron chi connectivity index (χ0n) is 8.71. The summed E-state index contributed by atoms with van der Waals surface area (Å²) in [6.45, 7) is 1.57. The molecule has 88 valence electrons. The van der Waals surface area contributed by atoms with Crippen molar-refractivity contribution in [3.63, 3.8) is 0 Å². The lowest BCUT2D eigenvalue weighted by Gasteiger charge is -2.15. The largest absolute Gasteiger partial charge is 0.418 e. The Bertz CT molecular complexity index is 387. The normalized spacial score (nSPS) is 13.5. The van der Waals surface area contributed by atoms with Gasteiger partial charge in [-0.3, -0.25) is 0 Å². The van der Waals surface area contributed by atoms with Crippen LogP contribution in [0.15, 0.2) is 18.2 Å². The molecule has 0 amide bonds. The number of rotatable bonds is 3. The summed E-state index contributed by atoms with van der Waals surface area (Å²) in [4.78, 5) is 10.4. The van der Waals surface area contributed by atoms with E-state index in [9.17, 15) is 18.0 Å². The molecule has 0 heterocycles. The van der Waals surface area contributed by atoms with Gasteiger partial charge in [0.15, 0.2) is 0 Å². The summed E-state index contributed by atoms with van der Waals surface area (Å²) in [5.41, 5.74) is 4.25. The first-order valence-electron chi connectivity index (χ1n) is 4.76. The molecule has 2 N–H and O–H groups in total. The van der Waals surface area contributed by atoms with Gasteiger partial charge in [0.05, 0.1) is 5.56 Å². The van der Waals surface area contributed by atoms with Gasteiger partial charge in [0.25, 0.3) is 0 Å². The van der Waals surface area contributed by atoms with E-state index in [4.69, 9.17) is 5.73 Å². The van der Waals surface area contributed by atoms with Crippen LogP contribution in [-0.4, -0.2) is 6.29 Å². The quantitative estimate of drug-likeness (QED) is 0.642. The summed E-state index contributed by atoms with van der Waals surface area (Å²) in [6, 6.07) is 4.01. The van der Waals surface area contributed by atoms with Crippen LogP contribution in [0.1, 0.15) is 18.1 Å². The third kappa shape index (κ3) is 2.74. The number of hydrogen-bond acceptors (Lipinski definition) is 2. The third-order valence-corrected chi connectivity index (χ3v) is 2.24. The van der Waals surface area contributed by atoms with E-state index in [1.54, 1.807) is 6.92 Å². The van der Waals surface area contributed by atoms with Crippen molar-refractivity contribution in [1.29, 1.82) is 0 Å². The first kappa shape index (κ1) is 12.5. The molecule has 1 aromatic carbocycles. The average Bonchev–Trinajstić information content (AvgIpc) is 2.15. The molecule has 2 nitrogen and oxygen atoms in total. The van der Waals surface area contributed by atoms with Gasteiger partial charge in [0.1, 0.15) is 6.29 Å². The van der Waals surface area contributed by atoms with Crippen molar-refractivity contribution in [3.8, 4) is 0 Å². The Kier molecular flexibility index (Phi) is 3.57. The number of hydrogen-bond donors (Lipinski definition) is 1. The third-order valence-electron chi connectivity index (χ3n) is 2.24. The lowest BCUT2D eigenvalue weighted by molar-refractivity contribution is -0.137. The second kappa shape index (κ2) is 4.55. The highest BCUT2D eigenvalue weighted by molar-refractivity contribution is 5.57. The van der Waals surface area contributed by atoms with E-state index in [0.29, 0.717) is 6.29 Å². The highest BCUT2D eigenvalue weighted by Gasteiger charge is 2.35. The second-order valence-electron chi connectivity index (χ2n) is 3.70. The number of carbonyl (C=O) groups is 1. The van der Waals surface area contributed by atoms with E-state index in [1.807, 2.05) is 0 Å². The number of aldehydes is 1. The zero-order chi connectivity index (χ0) is 12.3. The van der Waals surface area contributed by atoms with E-state index < -0.39 is 17.7 Å². The van der Waals surface area contributed by atoms with E-state index in [1.165, 1.54) is 18.2 Å². The monoisotopic (exact) mass is 231 g/mol. The predicted molar refractivity (Wildman–Crippen MR) is 54.8 cm³/mol. The highest BCUT2D eigenvalue weighted by Crippen LogP contribution is 2.36. The number of carbonyl (C=O) groups excluding carboxylic acids is 1.